The Balaban J connectivity index is 1.98. The summed E-state index contributed by atoms with van der Waals surface area (Å²) in [6.45, 7) is 2.68. The number of fused-ring (bicyclic) bond motifs is 2. The molecule has 9 nitrogen and oxygen atoms in total. The fraction of sp³-hybridized carbons (Fsp3) is 0.522. The van der Waals surface area contributed by atoms with E-state index >= 15 is 4.39 Å². The Morgan fingerprint density at radius 2 is 2.03 bits per heavy atom. The van der Waals surface area contributed by atoms with Gasteiger partial charge in [-0.25, -0.2) is 17.5 Å². The van der Waals surface area contributed by atoms with Crippen molar-refractivity contribution in [2.75, 3.05) is 13.3 Å². The summed E-state index contributed by atoms with van der Waals surface area (Å²) in [7, 11) is -1.94. The molecule has 3 N–H and O–H groups in total. The summed E-state index contributed by atoms with van der Waals surface area (Å²) in [4.78, 5) is 26.3. The number of halogens is 1. The van der Waals surface area contributed by atoms with Gasteiger partial charge in [0.2, 0.25) is 10.0 Å². The van der Waals surface area contributed by atoms with Crippen LogP contribution < -0.4 is 10.0 Å². The van der Waals surface area contributed by atoms with Gasteiger partial charge in [0.05, 0.1) is 18.0 Å². The number of allylic oxidation sites excluding steroid dienone is 1. The first kappa shape index (κ1) is 25.8. The Bertz CT molecular complexity index is 1100. The van der Waals surface area contributed by atoms with Crippen LogP contribution in [-0.4, -0.2) is 68.4 Å². The SMILES string of the molecule is CN/C=C\C(=N)c1cccc(C[C@H]2[C@@H](NS(C)(=O)=O)C3CC(C3)N2C(=O)[C@@H](C)OC(C)=O)c1F. The number of rotatable bonds is 9. The molecule has 1 aliphatic carbocycles. The van der Waals surface area contributed by atoms with Gasteiger partial charge in [-0.2, -0.15) is 0 Å². The van der Waals surface area contributed by atoms with Crippen LogP contribution in [0.4, 0.5) is 4.39 Å². The third kappa shape index (κ3) is 5.64. The molecular formula is C23H31FN4O5S. The Hall–Kier alpha value is -2.79. The van der Waals surface area contributed by atoms with E-state index in [0.717, 1.165) is 6.26 Å². The van der Waals surface area contributed by atoms with Crippen LogP contribution in [0.2, 0.25) is 0 Å². The molecule has 11 heteroatoms. The molecule has 34 heavy (non-hydrogen) atoms. The fourth-order valence-electron chi connectivity index (χ4n) is 4.84. The van der Waals surface area contributed by atoms with Gasteiger partial charge in [-0.1, -0.05) is 12.1 Å². The molecule has 2 heterocycles. The zero-order valence-corrected chi connectivity index (χ0v) is 20.5. The summed E-state index contributed by atoms with van der Waals surface area (Å²) < 4.78 is 47.4. The number of piperidine rings is 2. The molecule has 2 saturated heterocycles. The number of carbonyl (C=O) groups excluding carboxylic acids is 2. The van der Waals surface area contributed by atoms with E-state index in [1.165, 1.54) is 32.2 Å². The summed E-state index contributed by atoms with van der Waals surface area (Å²) in [5, 5.41) is 10.9. The van der Waals surface area contributed by atoms with Gasteiger partial charge in [-0.15, -0.1) is 0 Å². The van der Waals surface area contributed by atoms with Gasteiger partial charge in [0.1, 0.15) is 5.82 Å². The van der Waals surface area contributed by atoms with Gasteiger partial charge in [0.25, 0.3) is 5.91 Å². The number of hydrogen-bond donors (Lipinski definition) is 3. The summed E-state index contributed by atoms with van der Waals surface area (Å²) >= 11 is 0. The number of sulfonamides is 1. The molecular weight excluding hydrogens is 463 g/mol. The molecule has 186 valence electrons. The molecule has 0 radical (unpaired) electrons. The topological polar surface area (TPSA) is 129 Å². The second kappa shape index (κ2) is 10.2. The number of hydrogen-bond acceptors (Lipinski definition) is 7. The van der Waals surface area contributed by atoms with Crippen molar-refractivity contribution in [3.8, 4) is 0 Å². The minimum atomic E-state index is -3.60. The quantitative estimate of drug-likeness (QED) is 0.351. The van der Waals surface area contributed by atoms with Gasteiger partial charge in [0.15, 0.2) is 6.10 Å². The van der Waals surface area contributed by atoms with Crippen molar-refractivity contribution >= 4 is 27.6 Å². The first-order valence-corrected chi connectivity index (χ1v) is 13.0. The number of nitrogens with one attached hydrogen (secondary N) is 3. The molecule has 1 aromatic rings. The number of nitrogens with zero attached hydrogens (tertiary/aromatic N) is 1. The van der Waals surface area contributed by atoms with Crippen LogP contribution in [0.5, 0.6) is 0 Å². The molecule has 1 amide bonds. The third-order valence-corrected chi connectivity index (χ3v) is 7.03. The Labute approximate surface area is 199 Å². The van der Waals surface area contributed by atoms with E-state index in [1.54, 1.807) is 24.1 Å². The second-order valence-corrected chi connectivity index (χ2v) is 10.7. The van der Waals surface area contributed by atoms with Crippen molar-refractivity contribution in [2.24, 2.45) is 5.92 Å². The average molecular weight is 495 g/mol. The normalized spacial score (nSPS) is 24.9. The summed E-state index contributed by atoms with van der Waals surface area (Å²) in [5.41, 5.74) is 0.343. The lowest BCUT2D eigenvalue weighted by molar-refractivity contribution is -0.168. The first-order chi connectivity index (χ1) is 15.9. The number of amides is 1. The van der Waals surface area contributed by atoms with E-state index in [4.69, 9.17) is 10.1 Å². The van der Waals surface area contributed by atoms with Crippen LogP contribution in [0, 0.1) is 17.1 Å². The molecule has 0 aromatic heterocycles. The van der Waals surface area contributed by atoms with Crippen molar-refractivity contribution in [1.82, 2.24) is 14.9 Å². The smallest absolute Gasteiger partial charge is 0.303 e. The van der Waals surface area contributed by atoms with Crippen molar-refractivity contribution in [3.63, 3.8) is 0 Å². The highest BCUT2D eigenvalue weighted by atomic mass is 32.2. The van der Waals surface area contributed by atoms with Gasteiger partial charge in [-0.3, -0.25) is 9.59 Å². The van der Waals surface area contributed by atoms with E-state index in [2.05, 4.69) is 10.0 Å². The Kier molecular flexibility index (Phi) is 7.77. The molecule has 0 spiro atoms. The number of esters is 1. The lowest BCUT2D eigenvalue weighted by Gasteiger charge is -2.58. The zero-order chi connectivity index (χ0) is 25.2. The zero-order valence-electron chi connectivity index (χ0n) is 19.7. The van der Waals surface area contributed by atoms with E-state index < -0.39 is 45.9 Å². The summed E-state index contributed by atoms with van der Waals surface area (Å²) in [6.07, 6.45) is 4.23. The van der Waals surface area contributed by atoms with Gasteiger partial charge < -0.3 is 20.4 Å². The van der Waals surface area contributed by atoms with Crippen LogP contribution in [-0.2, 0) is 30.8 Å². The van der Waals surface area contributed by atoms with Crippen LogP contribution in [0.3, 0.4) is 0 Å². The van der Waals surface area contributed by atoms with Crippen molar-refractivity contribution in [2.45, 2.75) is 57.3 Å². The summed E-state index contributed by atoms with van der Waals surface area (Å²) in [6, 6.07) is 3.28. The molecule has 3 fully saturated rings. The predicted molar refractivity (Wildman–Crippen MR) is 125 cm³/mol. The van der Waals surface area contributed by atoms with Gasteiger partial charge >= 0.3 is 5.97 Å². The fourth-order valence-corrected chi connectivity index (χ4v) is 5.68. The number of benzene rings is 1. The highest BCUT2D eigenvalue weighted by molar-refractivity contribution is 7.88. The van der Waals surface area contributed by atoms with Crippen LogP contribution >= 0.6 is 0 Å². The van der Waals surface area contributed by atoms with E-state index in [1.807, 2.05) is 0 Å². The highest BCUT2D eigenvalue weighted by Crippen LogP contribution is 2.44. The largest absolute Gasteiger partial charge is 0.453 e. The molecule has 1 aromatic carbocycles. The van der Waals surface area contributed by atoms with Crippen molar-refractivity contribution in [1.29, 1.82) is 5.41 Å². The van der Waals surface area contributed by atoms with Gasteiger partial charge in [-0.05, 0) is 56.0 Å². The predicted octanol–water partition coefficient (Wildman–Crippen LogP) is 1.33. The number of ether oxygens (including phenoxy) is 1. The molecule has 3 atom stereocenters. The molecule has 2 bridgehead atoms. The standard InChI is InChI=1S/C23H31FN4O5S/c1-13(33-14(2)29)23(30)28-17-10-16(11-17)22(27-34(4,31)32)20(28)12-15-6-5-7-18(21(15)24)19(25)8-9-26-3/h5-9,13,16-17,20,22,25-27H,10-12H2,1-4H3/b9-8-,25-19?/t13-,16?,17?,20+,22+/m1/s1. The number of carbonyl (C=O) groups is 2. The third-order valence-electron chi connectivity index (χ3n) is 6.33. The Morgan fingerprint density at radius 1 is 1.35 bits per heavy atom. The van der Waals surface area contributed by atoms with E-state index in [-0.39, 0.29) is 35.2 Å². The molecule has 1 saturated carbocycles. The average Bonchev–Trinajstić information content (AvgIpc) is 2.71. The Morgan fingerprint density at radius 3 is 2.62 bits per heavy atom. The maximum Gasteiger partial charge on any atom is 0.303 e. The summed E-state index contributed by atoms with van der Waals surface area (Å²) in [5.74, 6) is -1.62. The minimum absolute atomic E-state index is 0.0147. The maximum absolute atomic E-state index is 15.4. The second-order valence-electron chi connectivity index (χ2n) is 8.88. The van der Waals surface area contributed by atoms with Crippen LogP contribution in [0.1, 0.15) is 37.8 Å². The highest BCUT2D eigenvalue weighted by Gasteiger charge is 2.54. The van der Waals surface area contributed by atoms with Gasteiger partial charge in [0, 0.05) is 31.6 Å². The molecule has 4 rings (SSSR count). The maximum atomic E-state index is 15.4. The molecule has 3 aliphatic rings. The first-order valence-electron chi connectivity index (χ1n) is 11.1. The van der Waals surface area contributed by atoms with E-state index in [9.17, 15) is 18.0 Å². The lowest BCUT2D eigenvalue weighted by atomic mass is 9.66. The van der Waals surface area contributed by atoms with Crippen molar-refractivity contribution in [3.05, 3.63) is 47.4 Å². The van der Waals surface area contributed by atoms with E-state index in [0.29, 0.717) is 12.8 Å². The molecule has 0 unspecified atom stereocenters. The monoisotopic (exact) mass is 494 g/mol. The minimum Gasteiger partial charge on any atom is -0.453 e. The molecule has 2 aliphatic heterocycles. The lowest BCUT2D eigenvalue weighted by Crippen LogP contribution is -2.71. The van der Waals surface area contributed by atoms with Crippen LogP contribution in [0.25, 0.3) is 0 Å². The van der Waals surface area contributed by atoms with Crippen LogP contribution in [0.15, 0.2) is 30.5 Å². The van der Waals surface area contributed by atoms with Crippen molar-refractivity contribution < 1.29 is 27.1 Å².